The summed E-state index contributed by atoms with van der Waals surface area (Å²) in [5.41, 5.74) is 2.17. The Balaban J connectivity index is 1.20. The van der Waals surface area contributed by atoms with Crippen molar-refractivity contribution in [1.82, 2.24) is 10.2 Å². The van der Waals surface area contributed by atoms with Crippen LogP contribution in [0.1, 0.15) is 36.4 Å². The first-order valence-corrected chi connectivity index (χ1v) is 10.5. The fourth-order valence-electron chi connectivity index (χ4n) is 4.27. The average molecular weight is 410 g/mol. The van der Waals surface area contributed by atoms with Crippen molar-refractivity contribution in [2.24, 2.45) is 0 Å². The predicted molar refractivity (Wildman–Crippen MR) is 110 cm³/mol. The van der Waals surface area contributed by atoms with E-state index in [0.29, 0.717) is 26.3 Å². The predicted octanol–water partition coefficient (Wildman–Crippen LogP) is 3.03. The molecule has 30 heavy (non-hydrogen) atoms. The van der Waals surface area contributed by atoms with E-state index >= 15 is 0 Å². The maximum Gasteiger partial charge on any atom is 0.234 e. The van der Waals surface area contributed by atoms with Gasteiger partial charge in [0.05, 0.1) is 19.8 Å². The number of hydrogen-bond donors (Lipinski definition) is 1. The van der Waals surface area contributed by atoms with Crippen LogP contribution in [0.15, 0.2) is 36.4 Å². The van der Waals surface area contributed by atoms with E-state index in [1.807, 2.05) is 24.3 Å². The molecule has 7 heteroatoms. The van der Waals surface area contributed by atoms with E-state index in [-0.39, 0.29) is 18.7 Å². The molecule has 3 aliphatic heterocycles. The SMILES string of the molecule is O=C(CN1CCC[C@@H]1c1ccc2c(c1)OCCCO2)NCc1ccc2c(c1)OCO2. The van der Waals surface area contributed by atoms with E-state index in [0.717, 1.165) is 54.4 Å². The second-order valence-corrected chi connectivity index (χ2v) is 7.85. The number of rotatable bonds is 5. The van der Waals surface area contributed by atoms with Gasteiger partial charge in [-0.2, -0.15) is 0 Å². The standard InChI is InChI=1S/C23H26N2O5/c26-23(24-13-16-4-6-20-21(11-16)30-15-29-20)14-25-8-1-3-18(25)17-5-7-19-22(12-17)28-10-2-9-27-19/h4-7,11-12,18H,1-3,8-10,13-15H2,(H,24,26)/t18-/m1/s1. The largest absolute Gasteiger partial charge is 0.490 e. The van der Waals surface area contributed by atoms with Crippen molar-refractivity contribution in [2.75, 3.05) is 33.1 Å². The van der Waals surface area contributed by atoms with Gasteiger partial charge in [0, 0.05) is 19.0 Å². The second kappa shape index (κ2) is 8.44. The molecule has 0 radical (unpaired) electrons. The quantitative estimate of drug-likeness (QED) is 0.817. The van der Waals surface area contributed by atoms with E-state index in [9.17, 15) is 4.79 Å². The molecule has 7 nitrogen and oxygen atoms in total. The summed E-state index contributed by atoms with van der Waals surface area (Å²) >= 11 is 0. The molecule has 0 bridgehead atoms. The first-order valence-electron chi connectivity index (χ1n) is 10.5. The fraction of sp³-hybridized carbons (Fsp3) is 0.435. The summed E-state index contributed by atoms with van der Waals surface area (Å²) in [6.07, 6.45) is 3.01. The Morgan fingerprint density at radius 3 is 2.63 bits per heavy atom. The van der Waals surface area contributed by atoms with E-state index in [1.54, 1.807) is 0 Å². The lowest BCUT2D eigenvalue weighted by molar-refractivity contribution is -0.122. The average Bonchev–Trinajstić information content (AvgIpc) is 3.35. The summed E-state index contributed by atoms with van der Waals surface area (Å²) in [6.45, 7) is 3.37. The summed E-state index contributed by atoms with van der Waals surface area (Å²) in [6, 6.07) is 12.1. The number of carbonyl (C=O) groups excluding carboxylic acids is 1. The Bertz CT molecular complexity index is 932. The summed E-state index contributed by atoms with van der Waals surface area (Å²) in [7, 11) is 0. The van der Waals surface area contributed by atoms with Gasteiger partial charge in [-0.15, -0.1) is 0 Å². The number of fused-ring (bicyclic) bond motifs is 2. The molecule has 1 amide bonds. The third-order valence-electron chi connectivity index (χ3n) is 5.79. The zero-order valence-corrected chi connectivity index (χ0v) is 16.9. The first kappa shape index (κ1) is 19.1. The number of nitrogens with zero attached hydrogens (tertiary/aromatic N) is 1. The molecule has 3 heterocycles. The summed E-state index contributed by atoms with van der Waals surface area (Å²) in [4.78, 5) is 14.9. The maximum absolute atomic E-state index is 12.6. The highest BCUT2D eigenvalue weighted by atomic mass is 16.7. The van der Waals surface area contributed by atoms with Crippen molar-refractivity contribution in [1.29, 1.82) is 0 Å². The van der Waals surface area contributed by atoms with Crippen LogP contribution in [-0.2, 0) is 11.3 Å². The van der Waals surface area contributed by atoms with Crippen molar-refractivity contribution < 1.29 is 23.7 Å². The fourth-order valence-corrected chi connectivity index (χ4v) is 4.27. The number of benzene rings is 2. The summed E-state index contributed by atoms with van der Waals surface area (Å²) in [5.74, 6) is 3.12. The summed E-state index contributed by atoms with van der Waals surface area (Å²) < 4.78 is 22.3. The normalized spacial score (nSPS) is 20.1. The van der Waals surface area contributed by atoms with Crippen LogP contribution in [-0.4, -0.2) is 43.9 Å². The third-order valence-corrected chi connectivity index (χ3v) is 5.79. The molecule has 5 rings (SSSR count). The number of ether oxygens (including phenoxy) is 4. The van der Waals surface area contributed by atoms with Gasteiger partial charge >= 0.3 is 0 Å². The minimum Gasteiger partial charge on any atom is -0.490 e. The van der Waals surface area contributed by atoms with Gasteiger partial charge in [-0.05, 0) is 54.8 Å². The molecule has 2 aromatic carbocycles. The van der Waals surface area contributed by atoms with Gasteiger partial charge in [-0.25, -0.2) is 0 Å². The molecule has 0 spiro atoms. The van der Waals surface area contributed by atoms with E-state index in [4.69, 9.17) is 18.9 Å². The topological polar surface area (TPSA) is 69.3 Å². The van der Waals surface area contributed by atoms with Gasteiger partial charge < -0.3 is 24.3 Å². The summed E-state index contributed by atoms with van der Waals surface area (Å²) in [5, 5.41) is 3.03. The van der Waals surface area contributed by atoms with Crippen LogP contribution >= 0.6 is 0 Å². The van der Waals surface area contributed by atoms with Crippen LogP contribution in [0, 0.1) is 0 Å². The number of nitrogens with one attached hydrogen (secondary N) is 1. The first-order chi connectivity index (χ1) is 14.8. The zero-order chi connectivity index (χ0) is 20.3. The monoisotopic (exact) mass is 410 g/mol. The number of hydrogen-bond acceptors (Lipinski definition) is 6. The van der Waals surface area contributed by atoms with Crippen LogP contribution in [0.5, 0.6) is 23.0 Å². The lowest BCUT2D eigenvalue weighted by Gasteiger charge is -2.25. The smallest absolute Gasteiger partial charge is 0.234 e. The van der Waals surface area contributed by atoms with Gasteiger partial charge in [0.15, 0.2) is 23.0 Å². The van der Waals surface area contributed by atoms with Crippen molar-refractivity contribution in [3.05, 3.63) is 47.5 Å². The van der Waals surface area contributed by atoms with Crippen LogP contribution in [0.4, 0.5) is 0 Å². The zero-order valence-electron chi connectivity index (χ0n) is 16.9. The third kappa shape index (κ3) is 4.03. The second-order valence-electron chi connectivity index (χ2n) is 7.85. The number of likely N-dealkylation sites (tertiary alicyclic amines) is 1. The van der Waals surface area contributed by atoms with Crippen molar-refractivity contribution in [2.45, 2.75) is 31.8 Å². The van der Waals surface area contributed by atoms with Crippen LogP contribution < -0.4 is 24.3 Å². The molecular weight excluding hydrogens is 384 g/mol. The lowest BCUT2D eigenvalue weighted by atomic mass is 10.0. The van der Waals surface area contributed by atoms with Crippen molar-refractivity contribution in [3.8, 4) is 23.0 Å². The van der Waals surface area contributed by atoms with E-state index < -0.39 is 0 Å². The Hall–Kier alpha value is -2.93. The number of carbonyl (C=O) groups is 1. The highest BCUT2D eigenvalue weighted by molar-refractivity contribution is 5.78. The molecular formula is C23H26N2O5. The molecule has 2 aromatic rings. The van der Waals surface area contributed by atoms with Gasteiger partial charge in [0.2, 0.25) is 12.7 Å². The van der Waals surface area contributed by atoms with Gasteiger partial charge in [-0.3, -0.25) is 9.69 Å². The van der Waals surface area contributed by atoms with Crippen molar-refractivity contribution >= 4 is 5.91 Å². The van der Waals surface area contributed by atoms with Crippen LogP contribution in [0.25, 0.3) is 0 Å². The Labute approximate surface area is 175 Å². The minimum absolute atomic E-state index is 0.0221. The molecule has 0 saturated carbocycles. The van der Waals surface area contributed by atoms with Gasteiger partial charge in [0.25, 0.3) is 0 Å². The molecule has 1 atom stereocenters. The number of amides is 1. The van der Waals surface area contributed by atoms with E-state index in [1.165, 1.54) is 5.56 Å². The Kier molecular flexibility index (Phi) is 5.36. The molecule has 1 N–H and O–H groups in total. The highest BCUT2D eigenvalue weighted by Crippen LogP contribution is 2.37. The molecule has 0 unspecified atom stereocenters. The van der Waals surface area contributed by atoms with Gasteiger partial charge in [-0.1, -0.05) is 12.1 Å². The van der Waals surface area contributed by atoms with E-state index in [2.05, 4.69) is 22.3 Å². The molecule has 158 valence electrons. The Morgan fingerprint density at radius 2 is 1.70 bits per heavy atom. The lowest BCUT2D eigenvalue weighted by Crippen LogP contribution is -2.36. The van der Waals surface area contributed by atoms with Crippen LogP contribution in [0.3, 0.4) is 0 Å². The molecule has 0 aromatic heterocycles. The maximum atomic E-state index is 12.6. The Morgan fingerprint density at radius 1 is 0.933 bits per heavy atom. The molecule has 0 aliphatic carbocycles. The molecule has 3 aliphatic rings. The minimum atomic E-state index is 0.0221. The van der Waals surface area contributed by atoms with Gasteiger partial charge in [0.1, 0.15) is 0 Å². The van der Waals surface area contributed by atoms with Crippen LogP contribution in [0.2, 0.25) is 0 Å². The van der Waals surface area contributed by atoms with Crippen molar-refractivity contribution in [3.63, 3.8) is 0 Å². The highest BCUT2D eigenvalue weighted by Gasteiger charge is 2.28. The molecule has 1 fully saturated rings. The molecule has 1 saturated heterocycles.